The molecule has 1 aromatic rings. The summed E-state index contributed by atoms with van der Waals surface area (Å²) in [6, 6.07) is 1.13. The summed E-state index contributed by atoms with van der Waals surface area (Å²) in [5.74, 6) is -0.797. The number of nitrogens with two attached hydrogens (primary N) is 1. The second kappa shape index (κ2) is 4.80. The van der Waals surface area contributed by atoms with Crippen LogP contribution >= 0.6 is 0 Å². The molecule has 2 nitrogen and oxygen atoms in total. The second-order valence-electron chi connectivity index (χ2n) is 3.35. The van der Waals surface area contributed by atoms with Gasteiger partial charge in [0.25, 0.3) is 0 Å². The summed E-state index contributed by atoms with van der Waals surface area (Å²) >= 11 is 0. The Kier molecular flexibility index (Phi) is 3.88. The van der Waals surface area contributed by atoms with Crippen molar-refractivity contribution in [1.82, 2.24) is 0 Å². The number of halogens is 4. The third kappa shape index (κ3) is 2.93. The summed E-state index contributed by atoms with van der Waals surface area (Å²) in [6.45, 7) is -0.309. The van der Waals surface area contributed by atoms with Crippen molar-refractivity contribution >= 4 is 0 Å². The Labute approximate surface area is 89.7 Å². The highest BCUT2D eigenvalue weighted by Gasteiger charge is 2.31. The summed E-state index contributed by atoms with van der Waals surface area (Å²) in [6.07, 6.45) is -4.51. The molecule has 16 heavy (non-hydrogen) atoms. The number of aliphatic hydroxyl groups excluding tert-OH is 1. The normalized spacial score (nSPS) is 13.9. The summed E-state index contributed by atoms with van der Waals surface area (Å²) < 4.78 is 50.2. The van der Waals surface area contributed by atoms with Gasteiger partial charge in [0.1, 0.15) is 5.82 Å². The third-order valence-corrected chi connectivity index (χ3v) is 2.16. The number of aliphatic hydroxyl groups is 1. The first-order valence-corrected chi connectivity index (χ1v) is 4.59. The van der Waals surface area contributed by atoms with Crippen molar-refractivity contribution in [2.24, 2.45) is 5.73 Å². The van der Waals surface area contributed by atoms with E-state index in [1.165, 1.54) is 0 Å². The highest BCUT2D eigenvalue weighted by atomic mass is 19.4. The Morgan fingerprint density at radius 1 is 1.31 bits per heavy atom. The van der Waals surface area contributed by atoms with Crippen LogP contribution in [-0.4, -0.2) is 11.7 Å². The van der Waals surface area contributed by atoms with E-state index in [1.54, 1.807) is 0 Å². The van der Waals surface area contributed by atoms with Gasteiger partial charge in [0, 0.05) is 18.2 Å². The first-order valence-electron chi connectivity index (χ1n) is 4.59. The molecule has 0 aromatic heterocycles. The lowest BCUT2D eigenvalue weighted by Crippen LogP contribution is -2.15. The van der Waals surface area contributed by atoms with Gasteiger partial charge in [0.2, 0.25) is 0 Å². The van der Waals surface area contributed by atoms with Gasteiger partial charge < -0.3 is 10.8 Å². The molecular formula is C10H11F4NO. The largest absolute Gasteiger partial charge is 0.416 e. The van der Waals surface area contributed by atoms with Gasteiger partial charge in [-0.2, -0.15) is 13.2 Å². The Balaban J connectivity index is 3.09. The van der Waals surface area contributed by atoms with Crippen LogP contribution in [0.5, 0.6) is 0 Å². The molecule has 0 heterocycles. The lowest BCUT2D eigenvalue weighted by molar-refractivity contribution is -0.137. The molecule has 0 saturated carbocycles. The van der Waals surface area contributed by atoms with Crippen molar-refractivity contribution in [3.05, 3.63) is 35.1 Å². The second-order valence-corrected chi connectivity index (χ2v) is 3.35. The topological polar surface area (TPSA) is 46.2 Å². The Bertz CT molecular complexity index is 364. The van der Waals surface area contributed by atoms with Gasteiger partial charge in [-0.25, -0.2) is 4.39 Å². The molecule has 0 spiro atoms. The van der Waals surface area contributed by atoms with E-state index in [2.05, 4.69) is 0 Å². The molecule has 0 saturated heterocycles. The maximum absolute atomic E-state index is 13.2. The molecule has 0 amide bonds. The van der Waals surface area contributed by atoms with Crippen molar-refractivity contribution in [2.45, 2.75) is 18.6 Å². The maximum atomic E-state index is 13.2. The van der Waals surface area contributed by atoms with E-state index in [4.69, 9.17) is 10.8 Å². The van der Waals surface area contributed by atoms with E-state index in [0.717, 1.165) is 6.07 Å². The van der Waals surface area contributed by atoms with Crippen molar-refractivity contribution in [3.8, 4) is 0 Å². The van der Waals surface area contributed by atoms with Gasteiger partial charge in [-0.05, 0) is 24.6 Å². The van der Waals surface area contributed by atoms with Crippen molar-refractivity contribution in [2.75, 3.05) is 6.61 Å². The first kappa shape index (κ1) is 12.9. The summed E-state index contributed by atoms with van der Waals surface area (Å²) in [5.41, 5.74) is 4.27. The zero-order chi connectivity index (χ0) is 12.3. The molecule has 0 bridgehead atoms. The van der Waals surface area contributed by atoms with Gasteiger partial charge in [-0.3, -0.25) is 0 Å². The molecule has 0 aliphatic heterocycles. The molecule has 0 fully saturated rings. The fraction of sp³-hybridized carbons (Fsp3) is 0.400. The van der Waals surface area contributed by atoms with Gasteiger partial charge in [0.05, 0.1) is 5.56 Å². The molecule has 1 rings (SSSR count). The molecule has 1 atom stereocenters. The molecule has 6 heteroatoms. The molecule has 0 aliphatic carbocycles. The highest BCUT2D eigenvalue weighted by Crippen LogP contribution is 2.31. The van der Waals surface area contributed by atoms with Crippen LogP contribution in [0.2, 0.25) is 0 Å². The predicted molar refractivity (Wildman–Crippen MR) is 50.0 cm³/mol. The minimum Gasteiger partial charge on any atom is -0.396 e. The van der Waals surface area contributed by atoms with Crippen LogP contribution in [0, 0.1) is 5.82 Å². The number of hydrogen-bond acceptors (Lipinski definition) is 2. The van der Waals surface area contributed by atoms with E-state index in [0.29, 0.717) is 12.1 Å². The summed E-state index contributed by atoms with van der Waals surface area (Å²) in [4.78, 5) is 0. The average Bonchev–Trinajstić information content (AvgIpc) is 2.16. The standard InChI is InChI=1S/C10H11F4NO/c11-8-2-1-6(10(12,13)14)5-7(8)9(15)3-4-16/h1-2,5,9,16H,3-4,15H2/t9-/m1/s1. The number of rotatable bonds is 3. The van der Waals surface area contributed by atoms with Crippen molar-refractivity contribution < 1.29 is 22.7 Å². The third-order valence-electron chi connectivity index (χ3n) is 2.16. The van der Waals surface area contributed by atoms with Crippen LogP contribution in [0.15, 0.2) is 18.2 Å². The first-order chi connectivity index (χ1) is 7.36. The molecule has 0 unspecified atom stereocenters. The SMILES string of the molecule is N[C@H](CCO)c1cc(C(F)(F)F)ccc1F. The van der Waals surface area contributed by atoms with Gasteiger partial charge >= 0.3 is 6.18 Å². The molecular weight excluding hydrogens is 226 g/mol. The zero-order valence-corrected chi connectivity index (χ0v) is 8.26. The van der Waals surface area contributed by atoms with Crippen LogP contribution in [0.3, 0.4) is 0 Å². The van der Waals surface area contributed by atoms with E-state index in [1.807, 2.05) is 0 Å². The van der Waals surface area contributed by atoms with E-state index in [-0.39, 0.29) is 18.6 Å². The van der Waals surface area contributed by atoms with Crippen LogP contribution in [0.1, 0.15) is 23.6 Å². The average molecular weight is 237 g/mol. The van der Waals surface area contributed by atoms with Gasteiger partial charge in [-0.1, -0.05) is 0 Å². The molecule has 90 valence electrons. The molecule has 3 N–H and O–H groups in total. The monoisotopic (exact) mass is 237 g/mol. The summed E-state index contributed by atoms with van der Waals surface area (Å²) in [7, 11) is 0. The van der Waals surface area contributed by atoms with E-state index < -0.39 is 23.6 Å². The minimum atomic E-state index is -4.53. The minimum absolute atomic E-state index is 0.0121. The maximum Gasteiger partial charge on any atom is 0.416 e. The molecule has 0 aliphatic rings. The van der Waals surface area contributed by atoms with Crippen LogP contribution in [0.4, 0.5) is 17.6 Å². The lowest BCUT2D eigenvalue weighted by Gasteiger charge is -2.14. The number of alkyl halides is 3. The predicted octanol–water partition coefficient (Wildman–Crippen LogP) is 2.23. The smallest absolute Gasteiger partial charge is 0.396 e. The van der Waals surface area contributed by atoms with Crippen molar-refractivity contribution in [3.63, 3.8) is 0 Å². The number of hydrogen-bond donors (Lipinski definition) is 2. The number of benzene rings is 1. The zero-order valence-electron chi connectivity index (χ0n) is 8.26. The highest BCUT2D eigenvalue weighted by molar-refractivity contribution is 5.29. The quantitative estimate of drug-likeness (QED) is 0.792. The molecule has 1 aromatic carbocycles. The molecule has 0 radical (unpaired) electrons. The van der Waals surface area contributed by atoms with E-state index >= 15 is 0 Å². The van der Waals surface area contributed by atoms with Gasteiger partial charge in [-0.15, -0.1) is 0 Å². The Morgan fingerprint density at radius 2 is 1.94 bits per heavy atom. The summed E-state index contributed by atoms with van der Waals surface area (Å²) in [5, 5.41) is 8.59. The van der Waals surface area contributed by atoms with Crippen LogP contribution in [0.25, 0.3) is 0 Å². The lowest BCUT2D eigenvalue weighted by atomic mass is 10.0. The Hall–Kier alpha value is -1.14. The fourth-order valence-corrected chi connectivity index (χ4v) is 1.30. The van der Waals surface area contributed by atoms with Crippen molar-refractivity contribution in [1.29, 1.82) is 0 Å². The van der Waals surface area contributed by atoms with Crippen LogP contribution < -0.4 is 5.73 Å². The fourth-order valence-electron chi connectivity index (χ4n) is 1.30. The van der Waals surface area contributed by atoms with Crippen LogP contribution in [-0.2, 0) is 6.18 Å². The Morgan fingerprint density at radius 3 is 2.44 bits per heavy atom. The van der Waals surface area contributed by atoms with Gasteiger partial charge in [0.15, 0.2) is 0 Å². The van der Waals surface area contributed by atoms with E-state index in [9.17, 15) is 17.6 Å².